The molecule has 0 saturated heterocycles. The van der Waals surface area contributed by atoms with E-state index in [1.807, 2.05) is 36.4 Å². The van der Waals surface area contributed by atoms with E-state index >= 15 is 0 Å². The number of hydrogen-bond acceptors (Lipinski definition) is 3. The maximum absolute atomic E-state index is 14.5. The molecule has 18 heavy (non-hydrogen) atoms. The molecule has 0 aromatic heterocycles. The smallest absolute Gasteiger partial charge is 0.202 e. The minimum atomic E-state index is -2.01. The molecule has 0 amide bonds. The molecule has 2 aromatic carbocycles. The summed E-state index contributed by atoms with van der Waals surface area (Å²) in [5, 5.41) is 9.04. The lowest BCUT2D eigenvalue weighted by molar-refractivity contribution is 0.489. The van der Waals surface area contributed by atoms with Gasteiger partial charge in [0.15, 0.2) is 0 Å². The Hall–Kier alpha value is -1.44. The van der Waals surface area contributed by atoms with Crippen molar-refractivity contribution in [1.82, 2.24) is 0 Å². The van der Waals surface area contributed by atoms with E-state index < -0.39 is 4.33 Å². The molecule has 2 rings (SSSR count). The van der Waals surface area contributed by atoms with Crippen molar-refractivity contribution in [1.29, 1.82) is 5.26 Å². The molecular weight excluding hydrogens is 265 g/mol. The van der Waals surface area contributed by atoms with Crippen LogP contribution in [0.3, 0.4) is 0 Å². The van der Waals surface area contributed by atoms with E-state index in [0.29, 0.717) is 0 Å². The van der Waals surface area contributed by atoms with Gasteiger partial charge in [-0.15, -0.1) is 0 Å². The molecule has 1 nitrogen and oxygen atoms in total. The fraction of sp³-hybridized carbons (Fsp3) is 0.0714. The van der Waals surface area contributed by atoms with E-state index in [1.54, 1.807) is 30.3 Å². The van der Waals surface area contributed by atoms with E-state index in [1.165, 1.54) is 0 Å². The van der Waals surface area contributed by atoms with Crippen LogP contribution in [-0.4, -0.2) is 4.33 Å². The fourth-order valence-electron chi connectivity index (χ4n) is 1.35. The number of nitriles is 1. The first kappa shape index (κ1) is 13.0. The third-order valence-corrected chi connectivity index (χ3v) is 4.34. The molecule has 0 atom stereocenters. The Kier molecular flexibility index (Phi) is 4.29. The van der Waals surface area contributed by atoms with Gasteiger partial charge in [0.2, 0.25) is 0 Å². The average Bonchev–Trinajstić information content (AvgIpc) is 2.41. The first-order chi connectivity index (χ1) is 8.72. The number of thioether (sulfide) groups is 2. The summed E-state index contributed by atoms with van der Waals surface area (Å²) in [6.45, 7) is 0. The second-order valence-electron chi connectivity index (χ2n) is 3.48. The largest absolute Gasteiger partial charge is 0.296 e. The molecule has 90 valence electrons. The van der Waals surface area contributed by atoms with Gasteiger partial charge in [-0.1, -0.05) is 59.9 Å². The Balaban J connectivity index is 2.14. The van der Waals surface area contributed by atoms with Crippen LogP contribution in [-0.2, 0) is 0 Å². The van der Waals surface area contributed by atoms with Crippen molar-refractivity contribution in [2.24, 2.45) is 0 Å². The zero-order valence-corrected chi connectivity index (χ0v) is 11.0. The van der Waals surface area contributed by atoms with Crippen molar-refractivity contribution < 1.29 is 4.39 Å². The Morgan fingerprint density at radius 3 is 1.56 bits per heavy atom. The Morgan fingerprint density at radius 1 is 0.833 bits per heavy atom. The van der Waals surface area contributed by atoms with Crippen LogP contribution in [0, 0.1) is 11.3 Å². The molecule has 0 spiro atoms. The average molecular weight is 275 g/mol. The molecule has 0 radical (unpaired) electrons. The topological polar surface area (TPSA) is 23.8 Å². The molecule has 0 heterocycles. The van der Waals surface area contributed by atoms with Gasteiger partial charge in [-0.25, -0.2) is 4.39 Å². The minimum Gasteiger partial charge on any atom is -0.202 e. The molecule has 0 bridgehead atoms. The van der Waals surface area contributed by atoms with Crippen LogP contribution in [0.15, 0.2) is 70.5 Å². The molecule has 2 aromatic rings. The summed E-state index contributed by atoms with van der Waals surface area (Å²) in [5.74, 6) is 0. The second-order valence-corrected chi connectivity index (χ2v) is 6.21. The molecule has 0 aliphatic heterocycles. The van der Waals surface area contributed by atoms with Crippen LogP contribution in [0.5, 0.6) is 0 Å². The van der Waals surface area contributed by atoms with Gasteiger partial charge in [0, 0.05) is 9.79 Å². The van der Waals surface area contributed by atoms with Crippen LogP contribution < -0.4 is 0 Å². The Labute approximate surface area is 114 Å². The van der Waals surface area contributed by atoms with Crippen LogP contribution >= 0.6 is 23.5 Å². The van der Waals surface area contributed by atoms with Gasteiger partial charge >= 0.3 is 0 Å². The quantitative estimate of drug-likeness (QED) is 0.596. The van der Waals surface area contributed by atoms with E-state index in [2.05, 4.69) is 0 Å². The number of alkyl halides is 1. The highest BCUT2D eigenvalue weighted by molar-refractivity contribution is 8.18. The maximum atomic E-state index is 14.5. The summed E-state index contributed by atoms with van der Waals surface area (Å²) < 4.78 is 12.4. The number of nitrogens with zero attached hydrogens (tertiary/aromatic N) is 1. The number of benzene rings is 2. The molecule has 0 N–H and O–H groups in total. The second kappa shape index (κ2) is 5.94. The lowest BCUT2D eigenvalue weighted by atomic mass is 10.4. The molecule has 0 unspecified atom stereocenters. The van der Waals surface area contributed by atoms with Crippen molar-refractivity contribution >= 4 is 23.5 Å². The summed E-state index contributed by atoms with van der Waals surface area (Å²) in [6, 6.07) is 19.9. The number of rotatable bonds is 4. The zero-order chi connectivity index (χ0) is 12.8. The molecule has 0 aliphatic carbocycles. The van der Waals surface area contributed by atoms with Gasteiger partial charge in [-0.3, -0.25) is 0 Å². The van der Waals surface area contributed by atoms with Crippen molar-refractivity contribution in [2.45, 2.75) is 14.1 Å². The van der Waals surface area contributed by atoms with E-state index in [9.17, 15) is 4.39 Å². The van der Waals surface area contributed by atoms with Gasteiger partial charge in [-0.2, -0.15) is 5.26 Å². The molecule has 0 saturated carbocycles. The standard InChI is InChI=1S/C14H10FNS2/c15-14(11-16,17-12-7-3-1-4-8-12)18-13-9-5-2-6-10-13/h1-10H. The van der Waals surface area contributed by atoms with Gasteiger partial charge in [-0.05, 0) is 24.3 Å². The highest BCUT2D eigenvalue weighted by Gasteiger charge is 2.32. The van der Waals surface area contributed by atoms with Crippen LogP contribution in [0.4, 0.5) is 4.39 Å². The van der Waals surface area contributed by atoms with Crippen LogP contribution in [0.25, 0.3) is 0 Å². The van der Waals surface area contributed by atoms with E-state index in [-0.39, 0.29) is 0 Å². The highest BCUT2D eigenvalue weighted by atomic mass is 32.2. The summed E-state index contributed by atoms with van der Waals surface area (Å²) in [6.07, 6.45) is 0. The summed E-state index contributed by atoms with van der Waals surface area (Å²) in [4.78, 5) is 1.48. The lowest BCUT2D eigenvalue weighted by Crippen LogP contribution is -2.08. The van der Waals surface area contributed by atoms with Crippen molar-refractivity contribution in [3.05, 3.63) is 60.7 Å². The Bertz CT molecular complexity index is 495. The van der Waals surface area contributed by atoms with Gasteiger partial charge in [0.25, 0.3) is 4.33 Å². The predicted octanol–water partition coefficient (Wildman–Crippen LogP) is 4.72. The number of hydrogen-bond donors (Lipinski definition) is 0. The summed E-state index contributed by atoms with van der Waals surface area (Å²) in [7, 11) is 0. The maximum Gasteiger partial charge on any atom is 0.296 e. The van der Waals surface area contributed by atoms with Crippen molar-refractivity contribution in [3.8, 4) is 6.07 Å². The first-order valence-corrected chi connectivity index (χ1v) is 6.93. The van der Waals surface area contributed by atoms with Gasteiger partial charge in [0.05, 0.1) is 0 Å². The van der Waals surface area contributed by atoms with Gasteiger partial charge < -0.3 is 0 Å². The number of halogens is 1. The lowest BCUT2D eigenvalue weighted by Gasteiger charge is -2.15. The third-order valence-electron chi connectivity index (χ3n) is 2.12. The van der Waals surface area contributed by atoms with Crippen molar-refractivity contribution in [3.63, 3.8) is 0 Å². The molecule has 0 aliphatic rings. The molecule has 4 heteroatoms. The van der Waals surface area contributed by atoms with Crippen LogP contribution in [0.1, 0.15) is 0 Å². The van der Waals surface area contributed by atoms with E-state index in [0.717, 1.165) is 33.3 Å². The van der Waals surface area contributed by atoms with Crippen LogP contribution in [0.2, 0.25) is 0 Å². The molecular formula is C14H10FNS2. The van der Waals surface area contributed by atoms with Gasteiger partial charge in [0.1, 0.15) is 6.07 Å². The predicted molar refractivity (Wildman–Crippen MR) is 74.1 cm³/mol. The summed E-state index contributed by atoms with van der Waals surface area (Å²) in [5.41, 5.74) is 0. The Morgan fingerprint density at radius 2 is 1.22 bits per heavy atom. The fourth-order valence-corrected chi connectivity index (χ4v) is 3.37. The minimum absolute atomic E-state index is 0.741. The first-order valence-electron chi connectivity index (χ1n) is 5.30. The third kappa shape index (κ3) is 3.52. The van der Waals surface area contributed by atoms with E-state index in [4.69, 9.17) is 5.26 Å². The van der Waals surface area contributed by atoms with Crippen molar-refractivity contribution in [2.75, 3.05) is 0 Å². The normalized spacial score (nSPS) is 10.9. The molecule has 0 fully saturated rings. The monoisotopic (exact) mass is 275 g/mol. The SMILES string of the molecule is N#CC(F)(Sc1ccccc1)Sc1ccccc1. The summed E-state index contributed by atoms with van der Waals surface area (Å²) >= 11 is 1.84. The zero-order valence-electron chi connectivity index (χ0n) is 9.42. The highest BCUT2D eigenvalue weighted by Crippen LogP contribution is 2.46.